The van der Waals surface area contributed by atoms with Crippen molar-refractivity contribution in [1.82, 2.24) is 0 Å². The maximum atomic E-state index is 11.7. The SMILES string of the molecule is C=C(C)C(=O)OC(C)c1c(C(=O)O)c(C(=O)O)cc(C(=O)O)c1C(=O)O. The van der Waals surface area contributed by atoms with E-state index in [-0.39, 0.29) is 5.57 Å². The number of carboxylic acids is 4. The van der Waals surface area contributed by atoms with E-state index in [9.17, 15) is 44.4 Å². The third-order valence-electron chi connectivity index (χ3n) is 3.29. The van der Waals surface area contributed by atoms with Crippen LogP contribution in [0.4, 0.5) is 0 Å². The van der Waals surface area contributed by atoms with Gasteiger partial charge in [-0.2, -0.15) is 0 Å². The minimum atomic E-state index is -1.82. The molecule has 1 rings (SSSR count). The third kappa shape index (κ3) is 3.86. The Kier molecular flexibility index (Phi) is 5.85. The number of carbonyl (C=O) groups is 5. The lowest BCUT2D eigenvalue weighted by Crippen LogP contribution is -2.23. The van der Waals surface area contributed by atoms with E-state index in [1.807, 2.05) is 0 Å². The summed E-state index contributed by atoms with van der Waals surface area (Å²) in [6.45, 7) is 5.68. The molecule has 0 amide bonds. The standard InChI is InChI=1S/C16H14O10/c1-5(2)16(25)26-6(3)9-10(14(21)22)7(12(17)18)4-8(13(19)20)11(9)15(23)24/h4,6H,1H2,2-3H3,(H,17,18)(H,19,20)(H,21,22)(H,23,24). The number of hydrogen-bond donors (Lipinski definition) is 4. The normalized spacial score (nSPS) is 11.3. The van der Waals surface area contributed by atoms with Crippen LogP contribution in [0.25, 0.3) is 0 Å². The van der Waals surface area contributed by atoms with E-state index in [4.69, 9.17) is 4.74 Å². The van der Waals surface area contributed by atoms with Crippen molar-refractivity contribution >= 4 is 29.8 Å². The molecule has 138 valence electrons. The first-order valence-electron chi connectivity index (χ1n) is 6.90. The lowest BCUT2D eigenvalue weighted by Gasteiger charge is -2.20. The molecule has 0 aliphatic rings. The molecule has 0 spiro atoms. The molecule has 0 saturated carbocycles. The molecule has 0 aliphatic heterocycles. The molecular weight excluding hydrogens is 352 g/mol. The largest absolute Gasteiger partial charge is 0.478 e. The number of carbonyl (C=O) groups excluding carboxylic acids is 1. The molecule has 0 aromatic heterocycles. The summed E-state index contributed by atoms with van der Waals surface area (Å²) in [4.78, 5) is 57.5. The number of benzene rings is 1. The average Bonchev–Trinajstić information content (AvgIpc) is 2.51. The zero-order valence-electron chi connectivity index (χ0n) is 13.6. The van der Waals surface area contributed by atoms with Gasteiger partial charge in [-0.1, -0.05) is 6.58 Å². The number of carboxylic acid groups (broad SMARTS) is 4. The van der Waals surface area contributed by atoms with Crippen LogP contribution in [0.2, 0.25) is 0 Å². The highest BCUT2D eigenvalue weighted by atomic mass is 16.5. The van der Waals surface area contributed by atoms with Crippen LogP contribution in [0.5, 0.6) is 0 Å². The molecule has 0 bridgehead atoms. The highest BCUT2D eigenvalue weighted by Crippen LogP contribution is 2.32. The van der Waals surface area contributed by atoms with E-state index in [2.05, 4.69) is 6.58 Å². The summed E-state index contributed by atoms with van der Waals surface area (Å²) < 4.78 is 4.90. The van der Waals surface area contributed by atoms with Gasteiger partial charge in [0.15, 0.2) is 0 Å². The number of rotatable bonds is 7. The molecule has 1 aromatic carbocycles. The van der Waals surface area contributed by atoms with Gasteiger partial charge in [0.1, 0.15) is 6.10 Å². The van der Waals surface area contributed by atoms with Crippen LogP contribution in [-0.4, -0.2) is 50.3 Å². The number of hydrogen-bond acceptors (Lipinski definition) is 6. The Morgan fingerprint density at radius 1 is 0.885 bits per heavy atom. The van der Waals surface area contributed by atoms with Crippen molar-refractivity contribution in [2.24, 2.45) is 0 Å². The number of ether oxygens (including phenoxy) is 1. The lowest BCUT2D eigenvalue weighted by molar-refractivity contribution is -0.143. The van der Waals surface area contributed by atoms with Crippen LogP contribution in [-0.2, 0) is 9.53 Å². The Labute approximate surface area is 145 Å². The Bertz CT molecular complexity index is 799. The quantitative estimate of drug-likeness (QED) is 0.410. The molecule has 1 atom stereocenters. The van der Waals surface area contributed by atoms with Crippen LogP contribution in [0, 0.1) is 0 Å². The van der Waals surface area contributed by atoms with Crippen molar-refractivity contribution in [2.45, 2.75) is 20.0 Å². The van der Waals surface area contributed by atoms with E-state index in [0.29, 0.717) is 6.07 Å². The molecule has 0 saturated heterocycles. The molecule has 26 heavy (non-hydrogen) atoms. The van der Waals surface area contributed by atoms with Gasteiger partial charge in [0.05, 0.1) is 22.3 Å². The van der Waals surface area contributed by atoms with Crippen molar-refractivity contribution in [2.75, 3.05) is 0 Å². The minimum Gasteiger partial charge on any atom is -0.478 e. The van der Waals surface area contributed by atoms with E-state index < -0.39 is 63.8 Å². The monoisotopic (exact) mass is 366 g/mol. The summed E-state index contributed by atoms with van der Waals surface area (Å²) in [6.07, 6.45) is -1.58. The van der Waals surface area contributed by atoms with Crippen molar-refractivity contribution in [3.63, 3.8) is 0 Å². The van der Waals surface area contributed by atoms with Gasteiger partial charge in [-0.05, 0) is 19.9 Å². The van der Waals surface area contributed by atoms with Gasteiger partial charge in [0.2, 0.25) is 0 Å². The molecule has 10 nitrogen and oxygen atoms in total. The Morgan fingerprint density at radius 2 is 1.27 bits per heavy atom. The van der Waals surface area contributed by atoms with Crippen molar-refractivity contribution in [3.8, 4) is 0 Å². The molecule has 0 fully saturated rings. The molecule has 4 N–H and O–H groups in total. The van der Waals surface area contributed by atoms with Crippen LogP contribution < -0.4 is 0 Å². The fourth-order valence-electron chi connectivity index (χ4n) is 2.23. The maximum absolute atomic E-state index is 11.7. The third-order valence-corrected chi connectivity index (χ3v) is 3.29. The second-order valence-corrected chi connectivity index (χ2v) is 5.18. The van der Waals surface area contributed by atoms with Gasteiger partial charge >= 0.3 is 29.8 Å². The predicted octanol–water partition coefficient (Wildman–Crippen LogP) is 1.66. The second-order valence-electron chi connectivity index (χ2n) is 5.18. The second kappa shape index (κ2) is 7.47. The number of aromatic carboxylic acids is 4. The zero-order valence-corrected chi connectivity index (χ0v) is 13.6. The van der Waals surface area contributed by atoms with Crippen molar-refractivity contribution in [1.29, 1.82) is 0 Å². The topological polar surface area (TPSA) is 176 Å². The van der Waals surface area contributed by atoms with Gasteiger partial charge in [-0.25, -0.2) is 24.0 Å². The summed E-state index contributed by atoms with van der Waals surface area (Å²) in [5.41, 5.74) is -4.71. The molecule has 1 unspecified atom stereocenters. The van der Waals surface area contributed by atoms with E-state index >= 15 is 0 Å². The van der Waals surface area contributed by atoms with Crippen LogP contribution >= 0.6 is 0 Å². The highest BCUT2D eigenvalue weighted by Gasteiger charge is 2.34. The number of esters is 1. The fourth-order valence-corrected chi connectivity index (χ4v) is 2.23. The predicted molar refractivity (Wildman–Crippen MR) is 83.6 cm³/mol. The fraction of sp³-hybridized carbons (Fsp3) is 0.188. The van der Waals surface area contributed by atoms with Gasteiger partial charge < -0.3 is 25.2 Å². The highest BCUT2D eigenvalue weighted by molar-refractivity contribution is 6.11. The molecule has 0 aliphatic carbocycles. The van der Waals surface area contributed by atoms with E-state index in [0.717, 1.165) is 6.92 Å². The Morgan fingerprint density at radius 3 is 1.54 bits per heavy atom. The zero-order chi connectivity index (χ0) is 20.3. The minimum absolute atomic E-state index is 0.0848. The van der Waals surface area contributed by atoms with Gasteiger partial charge in [-0.15, -0.1) is 0 Å². The smallest absolute Gasteiger partial charge is 0.337 e. The first-order valence-corrected chi connectivity index (χ1v) is 6.90. The summed E-state index contributed by atoms with van der Waals surface area (Å²) in [7, 11) is 0. The Hall–Kier alpha value is -3.69. The lowest BCUT2D eigenvalue weighted by atomic mass is 9.88. The van der Waals surface area contributed by atoms with Crippen molar-refractivity contribution < 1.29 is 49.1 Å². The first-order chi connectivity index (χ1) is 11.9. The molecular formula is C16H14O10. The van der Waals surface area contributed by atoms with Crippen LogP contribution in [0.1, 0.15) is 66.9 Å². The molecule has 0 radical (unpaired) electrons. The van der Waals surface area contributed by atoms with Gasteiger partial charge in [0.25, 0.3) is 0 Å². The molecule has 10 heteroatoms. The summed E-state index contributed by atoms with van der Waals surface area (Å²) in [5.74, 6) is -8.23. The maximum Gasteiger partial charge on any atom is 0.337 e. The summed E-state index contributed by atoms with van der Waals surface area (Å²) >= 11 is 0. The average molecular weight is 366 g/mol. The Balaban J connectivity index is 3.97. The molecule has 0 heterocycles. The van der Waals surface area contributed by atoms with Gasteiger partial charge in [0, 0.05) is 11.1 Å². The van der Waals surface area contributed by atoms with Crippen LogP contribution in [0.3, 0.4) is 0 Å². The summed E-state index contributed by atoms with van der Waals surface area (Å²) in [6, 6.07) is 0.439. The first kappa shape index (κ1) is 20.4. The molecule has 1 aromatic rings. The summed E-state index contributed by atoms with van der Waals surface area (Å²) in [5, 5.41) is 37.1. The van der Waals surface area contributed by atoms with E-state index in [1.165, 1.54) is 6.92 Å². The van der Waals surface area contributed by atoms with Crippen molar-refractivity contribution in [3.05, 3.63) is 46.0 Å². The van der Waals surface area contributed by atoms with Crippen LogP contribution in [0.15, 0.2) is 18.2 Å². The van der Waals surface area contributed by atoms with E-state index in [1.54, 1.807) is 0 Å². The van der Waals surface area contributed by atoms with Gasteiger partial charge in [-0.3, -0.25) is 0 Å².